The minimum atomic E-state index is -4.37. The number of carboxylic acid groups (broad SMARTS) is 1. The van der Waals surface area contributed by atoms with Gasteiger partial charge in [0.2, 0.25) is 5.95 Å². The SMILES string of the molecule is CC(C)(Sc1nc(CCNc2ncc(-c3ccc(C(F)(F)F)cc3)cn2)cs1)C(=O)O. The molecular weight excluding hydrogens is 449 g/mol. The minimum absolute atomic E-state index is 0.396. The van der Waals surface area contributed by atoms with Crippen LogP contribution in [-0.2, 0) is 17.4 Å². The fraction of sp³-hybridized carbons (Fsp3) is 0.300. The highest BCUT2D eigenvalue weighted by atomic mass is 32.2. The summed E-state index contributed by atoms with van der Waals surface area (Å²) in [4.78, 5) is 24.1. The Balaban J connectivity index is 1.53. The summed E-state index contributed by atoms with van der Waals surface area (Å²) in [5, 5.41) is 14.2. The van der Waals surface area contributed by atoms with Crippen molar-refractivity contribution in [1.29, 1.82) is 0 Å². The lowest BCUT2D eigenvalue weighted by Gasteiger charge is -2.15. The highest BCUT2D eigenvalue weighted by Crippen LogP contribution is 2.34. The Bertz CT molecular complexity index is 1040. The number of hydrogen-bond acceptors (Lipinski definition) is 7. The first-order valence-corrected chi connectivity index (χ1v) is 10.8. The molecule has 0 aliphatic carbocycles. The van der Waals surface area contributed by atoms with E-state index in [9.17, 15) is 23.1 Å². The fourth-order valence-corrected chi connectivity index (χ4v) is 4.66. The summed E-state index contributed by atoms with van der Waals surface area (Å²) >= 11 is 2.61. The van der Waals surface area contributed by atoms with Gasteiger partial charge < -0.3 is 10.4 Å². The van der Waals surface area contributed by atoms with Crippen LogP contribution in [0.1, 0.15) is 25.1 Å². The molecule has 0 saturated carbocycles. The summed E-state index contributed by atoms with van der Waals surface area (Å²) < 4.78 is 37.7. The molecule has 2 aromatic heterocycles. The quantitative estimate of drug-likeness (QED) is 0.438. The van der Waals surface area contributed by atoms with Crippen molar-refractivity contribution < 1.29 is 23.1 Å². The molecule has 0 radical (unpaired) electrons. The molecule has 3 rings (SSSR count). The zero-order valence-corrected chi connectivity index (χ0v) is 18.2. The van der Waals surface area contributed by atoms with Gasteiger partial charge >= 0.3 is 12.1 Å². The van der Waals surface area contributed by atoms with E-state index in [2.05, 4.69) is 20.3 Å². The highest BCUT2D eigenvalue weighted by Gasteiger charge is 2.30. The zero-order valence-electron chi connectivity index (χ0n) is 16.6. The third kappa shape index (κ3) is 6.17. The third-order valence-electron chi connectivity index (χ3n) is 4.25. The third-order valence-corrected chi connectivity index (χ3v) is 6.42. The summed E-state index contributed by atoms with van der Waals surface area (Å²) in [6.45, 7) is 3.79. The van der Waals surface area contributed by atoms with Crippen LogP contribution in [0.25, 0.3) is 11.1 Å². The average molecular weight is 469 g/mol. The first-order valence-electron chi connectivity index (χ1n) is 9.15. The number of thiazole rings is 1. The number of anilines is 1. The number of nitrogens with zero attached hydrogens (tertiary/aromatic N) is 3. The molecule has 0 amide bonds. The molecule has 0 spiro atoms. The number of hydrogen-bond donors (Lipinski definition) is 2. The van der Waals surface area contributed by atoms with Crippen LogP contribution in [0.2, 0.25) is 0 Å². The van der Waals surface area contributed by atoms with Crippen LogP contribution in [0.4, 0.5) is 19.1 Å². The van der Waals surface area contributed by atoms with E-state index >= 15 is 0 Å². The first kappa shape index (κ1) is 23.0. The van der Waals surface area contributed by atoms with Crippen LogP contribution in [0, 0.1) is 0 Å². The Hall–Kier alpha value is -2.66. The molecular formula is C20H19F3N4O2S2. The molecule has 0 atom stereocenters. The van der Waals surface area contributed by atoms with E-state index < -0.39 is 22.5 Å². The Morgan fingerprint density at radius 2 is 1.77 bits per heavy atom. The number of halogens is 3. The van der Waals surface area contributed by atoms with Gasteiger partial charge in [0.1, 0.15) is 4.75 Å². The van der Waals surface area contributed by atoms with Gasteiger partial charge in [-0.25, -0.2) is 15.0 Å². The summed E-state index contributed by atoms with van der Waals surface area (Å²) in [7, 11) is 0. The van der Waals surface area contributed by atoms with Crippen LogP contribution >= 0.6 is 23.1 Å². The summed E-state index contributed by atoms with van der Waals surface area (Å²) in [5.74, 6) is -0.500. The number of carboxylic acids is 1. The van der Waals surface area contributed by atoms with Crippen molar-refractivity contribution in [3.05, 3.63) is 53.3 Å². The van der Waals surface area contributed by atoms with Gasteiger partial charge in [-0.1, -0.05) is 23.9 Å². The Morgan fingerprint density at radius 3 is 2.35 bits per heavy atom. The standard InChI is InChI=1S/C20H19F3N4O2S2/c1-19(2,16(28)29)31-18-27-15(11-30-18)7-8-24-17-25-9-13(10-26-17)12-3-5-14(6-4-12)20(21,22)23/h3-6,9-11H,7-8H2,1-2H3,(H,28,29)(H,24,25,26). The number of benzene rings is 1. The molecule has 0 aliphatic heterocycles. The molecule has 0 unspecified atom stereocenters. The van der Waals surface area contributed by atoms with Crippen LogP contribution in [0.3, 0.4) is 0 Å². The average Bonchev–Trinajstić information content (AvgIpc) is 3.14. The van der Waals surface area contributed by atoms with Crippen molar-refractivity contribution in [1.82, 2.24) is 15.0 Å². The van der Waals surface area contributed by atoms with Gasteiger partial charge in [0.05, 0.1) is 11.3 Å². The number of aromatic nitrogens is 3. The van der Waals surface area contributed by atoms with E-state index in [0.717, 1.165) is 17.8 Å². The van der Waals surface area contributed by atoms with E-state index in [1.807, 2.05) is 5.38 Å². The summed E-state index contributed by atoms with van der Waals surface area (Å²) in [5.41, 5.74) is 1.34. The van der Waals surface area contributed by atoms with Gasteiger partial charge in [-0.2, -0.15) is 13.2 Å². The van der Waals surface area contributed by atoms with Crippen molar-refractivity contribution in [3.63, 3.8) is 0 Å². The molecule has 3 aromatic rings. The number of rotatable bonds is 8. The Labute approximate surface area is 185 Å². The Kier molecular flexibility index (Phi) is 6.85. The molecule has 0 aliphatic rings. The van der Waals surface area contributed by atoms with Gasteiger partial charge in [0, 0.05) is 36.3 Å². The van der Waals surface area contributed by atoms with Crippen LogP contribution in [0.5, 0.6) is 0 Å². The normalized spacial score (nSPS) is 12.0. The predicted molar refractivity (Wildman–Crippen MR) is 114 cm³/mol. The van der Waals surface area contributed by atoms with E-state index in [4.69, 9.17) is 0 Å². The second-order valence-corrected chi connectivity index (χ2v) is 9.80. The lowest BCUT2D eigenvalue weighted by molar-refractivity contribution is -0.139. The molecule has 0 saturated heterocycles. The van der Waals surface area contributed by atoms with E-state index in [0.29, 0.717) is 34.4 Å². The van der Waals surface area contributed by atoms with Crippen molar-refractivity contribution >= 4 is 35.0 Å². The lowest BCUT2D eigenvalue weighted by Crippen LogP contribution is -2.26. The van der Waals surface area contributed by atoms with Crippen molar-refractivity contribution in [2.75, 3.05) is 11.9 Å². The number of carbonyl (C=O) groups is 1. The molecule has 11 heteroatoms. The largest absolute Gasteiger partial charge is 0.480 e. The molecule has 31 heavy (non-hydrogen) atoms. The van der Waals surface area contributed by atoms with Crippen LogP contribution in [-0.4, -0.2) is 37.3 Å². The molecule has 0 bridgehead atoms. The second-order valence-electron chi connectivity index (χ2n) is 7.07. The smallest absolute Gasteiger partial charge is 0.416 e. The molecule has 2 N–H and O–H groups in total. The predicted octanol–water partition coefficient (Wildman–Crippen LogP) is 5.23. The number of thioether (sulfide) groups is 1. The maximum atomic E-state index is 12.7. The molecule has 0 fully saturated rings. The van der Waals surface area contributed by atoms with Crippen molar-refractivity contribution in [3.8, 4) is 11.1 Å². The first-order chi connectivity index (χ1) is 14.5. The van der Waals surface area contributed by atoms with Crippen molar-refractivity contribution in [2.24, 2.45) is 0 Å². The van der Waals surface area contributed by atoms with E-state index in [-0.39, 0.29) is 0 Å². The number of aliphatic carboxylic acids is 1. The second kappa shape index (κ2) is 9.23. The highest BCUT2D eigenvalue weighted by molar-refractivity contribution is 8.02. The maximum Gasteiger partial charge on any atom is 0.416 e. The maximum absolute atomic E-state index is 12.7. The minimum Gasteiger partial charge on any atom is -0.480 e. The number of alkyl halides is 3. The molecule has 164 valence electrons. The lowest BCUT2D eigenvalue weighted by atomic mass is 10.1. The van der Waals surface area contributed by atoms with Gasteiger partial charge in [0.25, 0.3) is 0 Å². The van der Waals surface area contributed by atoms with E-state index in [1.165, 1.54) is 35.2 Å². The van der Waals surface area contributed by atoms with Gasteiger partial charge in [0.15, 0.2) is 4.34 Å². The van der Waals surface area contributed by atoms with Gasteiger partial charge in [-0.05, 0) is 31.5 Å². The van der Waals surface area contributed by atoms with Gasteiger partial charge in [-0.15, -0.1) is 11.3 Å². The molecule has 1 aromatic carbocycles. The topological polar surface area (TPSA) is 88.0 Å². The summed E-state index contributed by atoms with van der Waals surface area (Å²) in [6, 6.07) is 4.83. The fourth-order valence-electron chi connectivity index (χ4n) is 2.43. The monoisotopic (exact) mass is 468 g/mol. The van der Waals surface area contributed by atoms with E-state index in [1.54, 1.807) is 26.2 Å². The van der Waals surface area contributed by atoms with Crippen molar-refractivity contribution in [2.45, 2.75) is 35.5 Å². The van der Waals surface area contributed by atoms with Crippen LogP contribution in [0.15, 0.2) is 46.4 Å². The number of nitrogens with one attached hydrogen (secondary N) is 1. The zero-order chi connectivity index (χ0) is 22.6. The van der Waals surface area contributed by atoms with Gasteiger partial charge in [-0.3, -0.25) is 4.79 Å². The summed E-state index contributed by atoms with van der Waals surface area (Å²) in [6.07, 6.45) is -0.673. The molecule has 6 nitrogen and oxygen atoms in total. The molecule has 2 heterocycles. The van der Waals surface area contributed by atoms with Crippen LogP contribution < -0.4 is 5.32 Å². The Morgan fingerprint density at radius 1 is 1.13 bits per heavy atom.